The zero-order valence-corrected chi connectivity index (χ0v) is 14.2. The van der Waals surface area contributed by atoms with Gasteiger partial charge < -0.3 is 24.3 Å². The highest BCUT2D eigenvalue weighted by Crippen LogP contribution is 2.28. The number of nitriles is 1. The van der Waals surface area contributed by atoms with Crippen LogP contribution in [0.25, 0.3) is 0 Å². The average molecular weight is 342 g/mol. The first-order valence-electron chi connectivity index (χ1n) is 7.33. The molecule has 0 atom stereocenters. The van der Waals surface area contributed by atoms with Gasteiger partial charge in [0.15, 0.2) is 18.1 Å². The fourth-order valence-electron chi connectivity index (χ4n) is 2.08. The first-order valence-corrected chi connectivity index (χ1v) is 7.33. The zero-order chi connectivity index (χ0) is 18.2. The summed E-state index contributed by atoms with van der Waals surface area (Å²) in [6, 6.07) is 11.8. The molecule has 0 saturated heterocycles. The lowest BCUT2D eigenvalue weighted by Crippen LogP contribution is -2.20. The van der Waals surface area contributed by atoms with Crippen LogP contribution in [0.3, 0.4) is 0 Å². The zero-order valence-electron chi connectivity index (χ0n) is 14.2. The number of amides is 1. The minimum Gasteiger partial charge on any atom is -0.497 e. The molecule has 1 amide bonds. The summed E-state index contributed by atoms with van der Waals surface area (Å²) < 4.78 is 20.9. The highest BCUT2D eigenvalue weighted by atomic mass is 16.5. The number of carbonyl (C=O) groups is 1. The molecule has 0 unspecified atom stereocenters. The lowest BCUT2D eigenvalue weighted by Gasteiger charge is -2.12. The van der Waals surface area contributed by atoms with Gasteiger partial charge in [0.1, 0.15) is 11.5 Å². The molecule has 2 aromatic carbocycles. The maximum absolute atomic E-state index is 12.1. The molecule has 0 aliphatic heterocycles. The minimum absolute atomic E-state index is 0.220. The van der Waals surface area contributed by atoms with Crippen molar-refractivity contribution in [2.75, 3.05) is 33.3 Å². The van der Waals surface area contributed by atoms with Crippen LogP contribution in [0.1, 0.15) is 5.56 Å². The highest BCUT2D eigenvalue weighted by Gasteiger charge is 2.10. The Bertz CT molecular complexity index is 776. The van der Waals surface area contributed by atoms with E-state index in [2.05, 4.69) is 5.32 Å². The third-order valence-electron chi connectivity index (χ3n) is 3.29. The Morgan fingerprint density at radius 3 is 2.24 bits per heavy atom. The lowest BCUT2D eigenvalue weighted by atomic mass is 10.2. The first kappa shape index (κ1) is 17.9. The van der Waals surface area contributed by atoms with Gasteiger partial charge in [0.05, 0.1) is 33.0 Å². The van der Waals surface area contributed by atoms with Gasteiger partial charge in [0.25, 0.3) is 5.91 Å². The minimum atomic E-state index is -0.360. The summed E-state index contributed by atoms with van der Waals surface area (Å²) in [5.74, 6) is 1.52. The van der Waals surface area contributed by atoms with E-state index in [4.69, 9.17) is 24.2 Å². The number of ether oxygens (including phenoxy) is 4. The van der Waals surface area contributed by atoms with E-state index in [1.54, 1.807) is 36.4 Å². The van der Waals surface area contributed by atoms with Gasteiger partial charge >= 0.3 is 0 Å². The van der Waals surface area contributed by atoms with E-state index < -0.39 is 0 Å². The van der Waals surface area contributed by atoms with Gasteiger partial charge in [0.2, 0.25) is 0 Å². The van der Waals surface area contributed by atoms with Crippen LogP contribution in [-0.4, -0.2) is 33.8 Å². The van der Waals surface area contributed by atoms with Crippen LogP contribution in [0, 0.1) is 11.3 Å². The molecule has 0 aliphatic rings. The second-order valence-electron chi connectivity index (χ2n) is 4.92. The van der Waals surface area contributed by atoms with Crippen LogP contribution in [0.15, 0.2) is 36.4 Å². The van der Waals surface area contributed by atoms with Gasteiger partial charge in [-0.1, -0.05) is 0 Å². The van der Waals surface area contributed by atoms with Crippen molar-refractivity contribution in [2.24, 2.45) is 0 Å². The molecule has 2 aromatic rings. The van der Waals surface area contributed by atoms with Crippen molar-refractivity contribution in [3.8, 4) is 29.1 Å². The van der Waals surface area contributed by atoms with E-state index in [1.165, 1.54) is 21.3 Å². The number of carbonyl (C=O) groups excluding carboxylic acids is 1. The SMILES string of the molecule is COc1cc(NC(=O)COc2ccc(C#N)cc2OC)cc(OC)c1. The van der Waals surface area contributed by atoms with Crippen LogP contribution in [0.4, 0.5) is 5.69 Å². The van der Waals surface area contributed by atoms with Gasteiger partial charge in [-0.25, -0.2) is 0 Å². The topological polar surface area (TPSA) is 89.8 Å². The summed E-state index contributed by atoms with van der Waals surface area (Å²) in [6.07, 6.45) is 0. The Hall–Kier alpha value is -3.40. The van der Waals surface area contributed by atoms with E-state index in [0.717, 1.165) is 0 Å². The molecule has 7 nitrogen and oxygen atoms in total. The predicted octanol–water partition coefficient (Wildman–Crippen LogP) is 2.60. The predicted molar refractivity (Wildman–Crippen MR) is 91.4 cm³/mol. The molecule has 2 rings (SSSR count). The Morgan fingerprint density at radius 2 is 1.68 bits per heavy atom. The largest absolute Gasteiger partial charge is 0.497 e. The summed E-state index contributed by atoms with van der Waals surface area (Å²) in [5, 5.41) is 11.6. The van der Waals surface area contributed by atoms with E-state index in [1.807, 2.05) is 6.07 Å². The molecule has 0 heterocycles. The number of methoxy groups -OCH3 is 3. The maximum Gasteiger partial charge on any atom is 0.262 e. The molecule has 0 aliphatic carbocycles. The molecule has 0 aromatic heterocycles. The smallest absolute Gasteiger partial charge is 0.262 e. The second-order valence-corrected chi connectivity index (χ2v) is 4.92. The van der Waals surface area contributed by atoms with Crippen LogP contribution in [0.2, 0.25) is 0 Å². The van der Waals surface area contributed by atoms with Crippen molar-refractivity contribution in [3.05, 3.63) is 42.0 Å². The fourth-order valence-corrected chi connectivity index (χ4v) is 2.08. The van der Waals surface area contributed by atoms with Crippen LogP contribution >= 0.6 is 0 Å². The molecule has 7 heteroatoms. The van der Waals surface area contributed by atoms with Crippen LogP contribution < -0.4 is 24.3 Å². The lowest BCUT2D eigenvalue weighted by molar-refractivity contribution is -0.118. The van der Waals surface area contributed by atoms with Crippen molar-refractivity contribution in [1.29, 1.82) is 5.26 Å². The number of hydrogen-bond donors (Lipinski definition) is 1. The quantitative estimate of drug-likeness (QED) is 0.832. The first-order chi connectivity index (χ1) is 12.1. The normalized spacial score (nSPS) is 9.68. The van der Waals surface area contributed by atoms with E-state index in [0.29, 0.717) is 34.2 Å². The number of nitrogens with zero attached hydrogens (tertiary/aromatic N) is 1. The molecule has 0 saturated carbocycles. The summed E-state index contributed by atoms with van der Waals surface area (Å²) in [6.45, 7) is -0.220. The molecular formula is C18H18N2O5. The number of nitrogens with one attached hydrogen (secondary N) is 1. The molecule has 130 valence electrons. The molecule has 1 N–H and O–H groups in total. The third-order valence-corrected chi connectivity index (χ3v) is 3.29. The Morgan fingerprint density at radius 1 is 1.00 bits per heavy atom. The fraction of sp³-hybridized carbons (Fsp3) is 0.222. The van der Waals surface area contributed by atoms with E-state index in [-0.39, 0.29) is 12.5 Å². The summed E-state index contributed by atoms with van der Waals surface area (Å²) in [4.78, 5) is 12.1. The van der Waals surface area contributed by atoms with Gasteiger partial charge in [-0.15, -0.1) is 0 Å². The monoisotopic (exact) mass is 342 g/mol. The van der Waals surface area contributed by atoms with E-state index in [9.17, 15) is 4.79 Å². The highest BCUT2D eigenvalue weighted by molar-refractivity contribution is 5.92. The Balaban J connectivity index is 2.03. The summed E-state index contributed by atoms with van der Waals surface area (Å²) in [5.41, 5.74) is 0.966. The standard InChI is InChI=1S/C18H18N2O5/c1-22-14-7-13(8-15(9-14)23-2)20-18(21)11-25-16-5-4-12(10-19)6-17(16)24-3/h4-9H,11H2,1-3H3,(H,20,21). The molecule has 0 spiro atoms. The molecular weight excluding hydrogens is 324 g/mol. The van der Waals surface area contributed by atoms with Crippen molar-refractivity contribution < 1.29 is 23.7 Å². The molecule has 25 heavy (non-hydrogen) atoms. The van der Waals surface area contributed by atoms with E-state index >= 15 is 0 Å². The van der Waals surface area contributed by atoms with Gasteiger partial charge in [-0.3, -0.25) is 4.79 Å². The van der Waals surface area contributed by atoms with Gasteiger partial charge in [0, 0.05) is 30.0 Å². The van der Waals surface area contributed by atoms with Crippen molar-refractivity contribution in [3.63, 3.8) is 0 Å². The maximum atomic E-state index is 12.1. The van der Waals surface area contributed by atoms with Crippen molar-refractivity contribution >= 4 is 11.6 Å². The van der Waals surface area contributed by atoms with Crippen molar-refractivity contribution in [1.82, 2.24) is 0 Å². The third kappa shape index (κ3) is 4.78. The molecule has 0 bridgehead atoms. The van der Waals surface area contributed by atoms with Gasteiger partial charge in [-0.2, -0.15) is 5.26 Å². The number of hydrogen-bond acceptors (Lipinski definition) is 6. The van der Waals surface area contributed by atoms with Crippen LogP contribution in [0.5, 0.6) is 23.0 Å². The number of rotatable bonds is 7. The second kappa shape index (κ2) is 8.45. The molecule has 0 radical (unpaired) electrons. The average Bonchev–Trinajstić information content (AvgIpc) is 2.65. The molecule has 0 fully saturated rings. The van der Waals surface area contributed by atoms with Crippen LogP contribution in [-0.2, 0) is 4.79 Å². The van der Waals surface area contributed by atoms with Gasteiger partial charge in [-0.05, 0) is 12.1 Å². The summed E-state index contributed by atoms with van der Waals surface area (Å²) in [7, 11) is 4.52. The number of anilines is 1. The van der Waals surface area contributed by atoms with Crippen molar-refractivity contribution in [2.45, 2.75) is 0 Å². The Kier molecular flexibility index (Phi) is 6.07. The summed E-state index contributed by atoms with van der Waals surface area (Å²) >= 11 is 0. The Labute approximate surface area is 145 Å². The number of benzene rings is 2.